The summed E-state index contributed by atoms with van der Waals surface area (Å²) in [7, 11) is 0. The van der Waals surface area contributed by atoms with E-state index in [-0.39, 0.29) is 5.75 Å². The molecule has 2 heterocycles. The second-order valence-corrected chi connectivity index (χ2v) is 4.85. The van der Waals surface area contributed by atoms with Gasteiger partial charge in [-0.15, -0.1) is 5.10 Å². The normalized spacial score (nSPS) is 11.6. The lowest BCUT2D eigenvalue weighted by molar-refractivity contribution is -0.153. The molecule has 0 atom stereocenters. The fourth-order valence-electron chi connectivity index (χ4n) is 1.97. The van der Waals surface area contributed by atoms with Crippen molar-refractivity contribution in [2.75, 3.05) is 11.9 Å². The Morgan fingerprint density at radius 3 is 2.61 bits per heavy atom. The van der Waals surface area contributed by atoms with E-state index in [9.17, 15) is 13.2 Å². The maximum Gasteiger partial charge on any atom is 0.422 e. The van der Waals surface area contributed by atoms with Crippen molar-refractivity contribution in [2.45, 2.75) is 12.7 Å². The third kappa shape index (κ3) is 4.12. The molecule has 5 nitrogen and oxygen atoms in total. The molecule has 3 rings (SSSR count). The monoisotopic (exact) mass is 322 g/mol. The molecule has 2 aromatic heterocycles. The van der Waals surface area contributed by atoms with Crippen LogP contribution in [-0.4, -0.2) is 27.4 Å². The van der Waals surface area contributed by atoms with E-state index in [1.807, 2.05) is 12.1 Å². The highest BCUT2D eigenvalue weighted by molar-refractivity contribution is 5.44. The van der Waals surface area contributed by atoms with E-state index in [0.29, 0.717) is 12.4 Å². The zero-order chi connectivity index (χ0) is 16.3. The number of imidazole rings is 1. The van der Waals surface area contributed by atoms with Crippen molar-refractivity contribution in [2.24, 2.45) is 0 Å². The minimum Gasteiger partial charge on any atom is -0.484 e. The molecule has 0 fully saturated rings. The number of alkyl halides is 3. The van der Waals surface area contributed by atoms with Gasteiger partial charge in [-0.2, -0.15) is 13.2 Å². The van der Waals surface area contributed by atoms with Crippen LogP contribution >= 0.6 is 0 Å². The second-order valence-electron chi connectivity index (χ2n) is 4.85. The summed E-state index contributed by atoms with van der Waals surface area (Å²) in [5, 5.41) is 7.46. The SMILES string of the molecule is FC(F)(F)COc1ccc(CNc2ccc3nccn3n2)cc1. The predicted octanol–water partition coefficient (Wildman–Crippen LogP) is 3.28. The summed E-state index contributed by atoms with van der Waals surface area (Å²) in [5.74, 6) is 0.858. The van der Waals surface area contributed by atoms with Gasteiger partial charge in [0.05, 0.1) is 0 Å². The van der Waals surface area contributed by atoms with Crippen molar-refractivity contribution in [1.82, 2.24) is 14.6 Å². The van der Waals surface area contributed by atoms with Crippen LogP contribution in [0.1, 0.15) is 5.56 Å². The molecule has 0 aliphatic heterocycles. The van der Waals surface area contributed by atoms with Crippen LogP contribution in [0.15, 0.2) is 48.8 Å². The number of hydrogen-bond donors (Lipinski definition) is 1. The molecule has 1 aromatic carbocycles. The minimum absolute atomic E-state index is 0.184. The van der Waals surface area contributed by atoms with Crippen LogP contribution in [-0.2, 0) is 6.54 Å². The first kappa shape index (κ1) is 15.1. The van der Waals surface area contributed by atoms with E-state index in [0.717, 1.165) is 11.2 Å². The molecule has 0 saturated carbocycles. The number of nitrogens with zero attached hydrogens (tertiary/aromatic N) is 3. The first-order chi connectivity index (χ1) is 11.0. The summed E-state index contributed by atoms with van der Waals surface area (Å²) in [6, 6.07) is 10.1. The first-order valence-electron chi connectivity index (χ1n) is 6.82. The van der Waals surface area contributed by atoms with Crippen LogP contribution in [0.2, 0.25) is 0 Å². The van der Waals surface area contributed by atoms with Gasteiger partial charge in [-0.25, -0.2) is 9.50 Å². The molecule has 8 heteroatoms. The van der Waals surface area contributed by atoms with E-state index in [1.54, 1.807) is 29.0 Å². The van der Waals surface area contributed by atoms with Crippen LogP contribution < -0.4 is 10.1 Å². The standard InChI is InChI=1S/C15H13F3N4O/c16-15(17,18)10-23-12-3-1-11(2-4-12)9-20-13-5-6-14-19-7-8-22(14)21-13/h1-8H,9-10H2,(H,20,21). The molecule has 0 spiro atoms. The first-order valence-corrected chi connectivity index (χ1v) is 6.82. The molecule has 23 heavy (non-hydrogen) atoms. The smallest absolute Gasteiger partial charge is 0.422 e. The summed E-state index contributed by atoms with van der Waals surface area (Å²) in [6.07, 6.45) is -0.934. The molecule has 0 saturated heterocycles. The van der Waals surface area contributed by atoms with Gasteiger partial charge in [0.1, 0.15) is 11.6 Å². The van der Waals surface area contributed by atoms with E-state index in [1.165, 1.54) is 12.1 Å². The highest BCUT2D eigenvalue weighted by Crippen LogP contribution is 2.19. The van der Waals surface area contributed by atoms with Crippen LogP contribution in [0.3, 0.4) is 0 Å². The quantitative estimate of drug-likeness (QED) is 0.783. The van der Waals surface area contributed by atoms with Gasteiger partial charge in [0, 0.05) is 18.9 Å². The highest BCUT2D eigenvalue weighted by Gasteiger charge is 2.28. The molecule has 0 bridgehead atoms. The Morgan fingerprint density at radius 2 is 1.87 bits per heavy atom. The van der Waals surface area contributed by atoms with Gasteiger partial charge >= 0.3 is 6.18 Å². The number of ether oxygens (including phenoxy) is 1. The lowest BCUT2D eigenvalue weighted by Gasteiger charge is -2.10. The topological polar surface area (TPSA) is 51.5 Å². The molecule has 0 aliphatic rings. The Labute approximate surface area is 129 Å². The third-order valence-corrected chi connectivity index (χ3v) is 3.05. The average molecular weight is 322 g/mol. The van der Waals surface area contributed by atoms with E-state index < -0.39 is 12.8 Å². The highest BCUT2D eigenvalue weighted by atomic mass is 19.4. The minimum atomic E-state index is -4.34. The lowest BCUT2D eigenvalue weighted by Crippen LogP contribution is -2.19. The largest absolute Gasteiger partial charge is 0.484 e. The summed E-state index contributed by atoms with van der Waals surface area (Å²) < 4.78 is 42.5. The molecule has 0 unspecified atom stereocenters. The number of halogens is 3. The zero-order valence-corrected chi connectivity index (χ0v) is 11.9. The molecule has 3 aromatic rings. The Bertz CT molecular complexity index is 783. The zero-order valence-electron chi connectivity index (χ0n) is 11.9. The predicted molar refractivity (Wildman–Crippen MR) is 78.3 cm³/mol. The number of anilines is 1. The van der Waals surface area contributed by atoms with Gasteiger partial charge in [-0.05, 0) is 29.8 Å². The lowest BCUT2D eigenvalue weighted by atomic mass is 10.2. The van der Waals surface area contributed by atoms with Crippen molar-refractivity contribution >= 4 is 11.5 Å². The molecule has 0 aliphatic carbocycles. The Morgan fingerprint density at radius 1 is 1.09 bits per heavy atom. The van der Waals surface area contributed by atoms with Crippen molar-refractivity contribution < 1.29 is 17.9 Å². The molecule has 120 valence electrons. The number of fused-ring (bicyclic) bond motifs is 1. The second kappa shape index (κ2) is 6.15. The molecule has 0 amide bonds. The molecule has 0 radical (unpaired) electrons. The van der Waals surface area contributed by atoms with Gasteiger partial charge in [0.2, 0.25) is 0 Å². The molecular formula is C15H13F3N4O. The Hall–Kier alpha value is -2.77. The van der Waals surface area contributed by atoms with Crippen LogP contribution in [0.25, 0.3) is 5.65 Å². The Kier molecular flexibility index (Phi) is 4.05. The summed E-state index contributed by atoms with van der Waals surface area (Å²) in [4.78, 5) is 4.10. The van der Waals surface area contributed by atoms with Gasteiger partial charge in [-0.1, -0.05) is 12.1 Å². The molecule has 1 N–H and O–H groups in total. The van der Waals surface area contributed by atoms with Crippen molar-refractivity contribution in [1.29, 1.82) is 0 Å². The average Bonchev–Trinajstić information content (AvgIpc) is 2.99. The molecular weight excluding hydrogens is 309 g/mol. The summed E-state index contributed by atoms with van der Waals surface area (Å²) in [6.45, 7) is -0.799. The van der Waals surface area contributed by atoms with Crippen LogP contribution in [0.5, 0.6) is 5.75 Å². The van der Waals surface area contributed by atoms with Gasteiger partial charge < -0.3 is 10.1 Å². The van der Waals surface area contributed by atoms with Crippen LogP contribution in [0, 0.1) is 0 Å². The number of benzene rings is 1. The Balaban J connectivity index is 1.57. The van der Waals surface area contributed by atoms with E-state index in [4.69, 9.17) is 0 Å². The fraction of sp³-hybridized carbons (Fsp3) is 0.200. The van der Waals surface area contributed by atoms with Gasteiger partial charge in [0.15, 0.2) is 12.3 Å². The van der Waals surface area contributed by atoms with E-state index >= 15 is 0 Å². The number of hydrogen-bond acceptors (Lipinski definition) is 4. The number of aromatic nitrogens is 3. The fourth-order valence-corrected chi connectivity index (χ4v) is 1.97. The maximum atomic E-state index is 12.1. The van der Waals surface area contributed by atoms with E-state index in [2.05, 4.69) is 20.1 Å². The summed E-state index contributed by atoms with van der Waals surface area (Å²) in [5.41, 5.74) is 1.65. The maximum absolute atomic E-state index is 12.1. The van der Waals surface area contributed by atoms with Crippen LogP contribution in [0.4, 0.5) is 19.0 Å². The van der Waals surface area contributed by atoms with Gasteiger partial charge in [-0.3, -0.25) is 0 Å². The summed E-state index contributed by atoms with van der Waals surface area (Å²) >= 11 is 0. The third-order valence-electron chi connectivity index (χ3n) is 3.05. The van der Waals surface area contributed by atoms with Crippen molar-refractivity contribution in [3.05, 3.63) is 54.4 Å². The van der Waals surface area contributed by atoms with Crippen molar-refractivity contribution in [3.8, 4) is 5.75 Å². The number of nitrogens with one attached hydrogen (secondary N) is 1. The number of rotatable bonds is 5. The van der Waals surface area contributed by atoms with Gasteiger partial charge in [0.25, 0.3) is 0 Å². The van der Waals surface area contributed by atoms with Crippen molar-refractivity contribution in [3.63, 3.8) is 0 Å².